The molecule has 1 fully saturated rings. The molecule has 1 aliphatic carbocycles. The quantitative estimate of drug-likeness (QED) is 0.391. The Labute approximate surface area is 201 Å². The number of nitrogens with zero attached hydrogens (tertiary/aromatic N) is 3. The summed E-state index contributed by atoms with van der Waals surface area (Å²) in [5.41, 5.74) is 2.29. The Morgan fingerprint density at radius 1 is 0.824 bits per heavy atom. The van der Waals surface area contributed by atoms with E-state index in [1.807, 2.05) is 26.2 Å². The maximum absolute atomic E-state index is 5.54. The smallest absolute Gasteiger partial charge is 0.225 e. The van der Waals surface area contributed by atoms with Gasteiger partial charge in [0.25, 0.3) is 0 Å². The molecule has 2 N–H and O–H groups in total. The van der Waals surface area contributed by atoms with Crippen LogP contribution >= 0.6 is 0 Å². The maximum atomic E-state index is 5.54. The van der Waals surface area contributed by atoms with E-state index in [1.165, 1.54) is 16.3 Å². The Hall–Kier alpha value is -3.38. The van der Waals surface area contributed by atoms with E-state index in [0.717, 1.165) is 60.6 Å². The van der Waals surface area contributed by atoms with Crippen molar-refractivity contribution in [3.8, 4) is 5.75 Å². The molecule has 3 aromatic carbocycles. The second-order valence-electron chi connectivity index (χ2n) is 9.33. The van der Waals surface area contributed by atoms with Crippen molar-refractivity contribution in [3.05, 3.63) is 66.2 Å². The molecule has 0 spiro atoms. The van der Waals surface area contributed by atoms with Gasteiger partial charge in [-0.15, -0.1) is 0 Å². The van der Waals surface area contributed by atoms with E-state index in [2.05, 4.69) is 64.1 Å². The third kappa shape index (κ3) is 4.64. The lowest BCUT2D eigenvalue weighted by atomic mass is 9.91. The number of para-hydroxylation sites is 1. The molecule has 1 heterocycles. The lowest BCUT2D eigenvalue weighted by Gasteiger charge is -2.30. The molecule has 0 saturated heterocycles. The van der Waals surface area contributed by atoms with Crippen LogP contribution in [0.2, 0.25) is 0 Å². The van der Waals surface area contributed by atoms with Gasteiger partial charge in [-0.1, -0.05) is 42.5 Å². The van der Waals surface area contributed by atoms with Crippen molar-refractivity contribution < 1.29 is 4.74 Å². The average molecular weight is 456 g/mol. The number of nitrogens with one attached hydrogen (secondary N) is 2. The summed E-state index contributed by atoms with van der Waals surface area (Å²) in [5, 5.41) is 10.9. The van der Waals surface area contributed by atoms with E-state index in [-0.39, 0.29) is 0 Å². The van der Waals surface area contributed by atoms with Gasteiger partial charge >= 0.3 is 0 Å². The number of ether oxygens (including phenoxy) is 1. The Bertz CT molecular complexity index is 1280. The molecule has 5 rings (SSSR count). The van der Waals surface area contributed by atoms with Crippen molar-refractivity contribution in [2.24, 2.45) is 0 Å². The first-order chi connectivity index (χ1) is 16.6. The number of fused-ring (bicyclic) bond motifs is 2. The van der Waals surface area contributed by atoms with Crippen molar-refractivity contribution in [2.75, 3.05) is 31.4 Å². The molecule has 1 saturated carbocycles. The number of anilines is 2. The zero-order valence-electron chi connectivity index (χ0n) is 20.2. The van der Waals surface area contributed by atoms with Crippen LogP contribution in [0.4, 0.5) is 11.8 Å². The molecule has 6 heteroatoms. The third-order valence-corrected chi connectivity index (χ3v) is 6.84. The molecule has 6 nitrogen and oxygen atoms in total. The third-order valence-electron chi connectivity index (χ3n) is 6.84. The van der Waals surface area contributed by atoms with Gasteiger partial charge in [0.15, 0.2) is 0 Å². The summed E-state index contributed by atoms with van der Waals surface area (Å²) in [5.74, 6) is 2.61. The van der Waals surface area contributed by atoms with Crippen LogP contribution in [0.3, 0.4) is 0 Å². The molecular weight excluding hydrogens is 422 g/mol. The van der Waals surface area contributed by atoms with Crippen LogP contribution in [0.15, 0.2) is 60.7 Å². The topological polar surface area (TPSA) is 62.3 Å². The fraction of sp³-hybridized carbons (Fsp3) is 0.357. The van der Waals surface area contributed by atoms with Crippen LogP contribution in [0.5, 0.6) is 5.75 Å². The van der Waals surface area contributed by atoms with Crippen molar-refractivity contribution in [1.82, 2.24) is 15.3 Å². The predicted molar refractivity (Wildman–Crippen MR) is 141 cm³/mol. The summed E-state index contributed by atoms with van der Waals surface area (Å²) in [6.07, 6.45) is 4.49. The van der Waals surface area contributed by atoms with Crippen molar-refractivity contribution >= 4 is 33.4 Å². The number of methoxy groups -OCH3 is 1. The summed E-state index contributed by atoms with van der Waals surface area (Å²) in [6, 6.07) is 21.9. The average Bonchev–Trinajstić information content (AvgIpc) is 2.87. The van der Waals surface area contributed by atoms with Gasteiger partial charge < -0.3 is 20.3 Å². The normalized spacial score (nSPS) is 18.2. The van der Waals surface area contributed by atoms with E-state index in [0.29, 0.717) is 12.1 Å². The zero-order chi connectivity index (χ0) is 23.5. The van der Waals surface area contributed by atoms with E-state index < -0.39 is 0 Å². The van der Waals surface area contributed by atoms with Crippen LogP contribution in [-0.2, 0) is 6.54 Å². The molecule has 0 atom stereocenters. The fourth-order valence-corrected chi connectivity index (χ4v) is 5.01. The first kappa shape index (κ1) is 22.4. The maximum Gasteiger partial charge on any atom is 0.225 e. The molecule has 4 aromatic rings. The van der Waals surface area contributed by atoms with Crippen molar-refractivity contribution in [2.45, 2.75) is 44.3 Å². The highest BCUT2D eigenvalue weighted by Crippen LogP contribution is 2.29. The second-order valence-corrected chi connectivity index (χ2v) is 9.33. The number of aromatic nitrogens is 2. The van der Waals surface area contributed by atoms with Gasteiger partial charge in [-0.05, 0) is 54.8 Å². The SMILES string of the molecule is COc1ccc(CNC2CCC(Nc3nc(N(C)C)c4ccccc4n3)CC2)c2ccccc12. The van der Waals surface area contributed by atoms with Gasteiger partial charge in [0, 0.05) is 43.5 Å². The van der Waals surface area contributed by atoms with Gasteiger partial charge in [0.05, 0.1) is 12.6 Å². The number of hydrogen-bond acceptors (Lipinski definition) is 6. The Morgan fingerprint density at radius 3 is 2.24 bits per heavy atom. The molecular formula is C28H33N5O. The number of rotatable bonds is 7. The first-order valence-corrected chi connectivity index (χ1v) is 12.1. The van der Waals surface area contributed by atoms with E-state index in [4.69, 9.17) is 14.7 Å². The van der Waals surface area contributed by atoms with Crippen LogP contribution in [-0.4, -0.2) is 43.3 Å². The van der Waals surface area contributed by atoms with Gasteiger partial charge in [-0.25, -0.2) is 4.98 Å². The summed E-state index contributed by atoms with van der Waals surface area (Å²) in [4.78, 5) is 11.6. The molecule has 0 unspecified atom stereocenters. The molecule has 176 valence electrons. The highest BCUT2D eigenvalue weighted by atomic mass is 16.5. The van der Waals surface area contributed by atoms with E-state index in [1.54, 1.807) is 7.11 Å². The minimum atomic E-state index is 0.399. The molecule has 0 radical (unpaired) electrons. The van der Waals surface area contributed by atoms with Crippen LogP contribution < -0.4 is 20.3 Å². The molecule has 1 aromatic heterocycles. The largest absolute Gasteiger partial charge is 0.496 e. The standard InChI is InChI=1S/C28H33N5O/c1-33(2)27-24-10-6-7-11-25(24)31-28(32-27)30-21-15-13-20(14-16-21)29-18-19-12-17-26(34-3)23-9-5-4-8-22(19)23/h4-12,17,20-21,29H,13-16,18H2,1-3H3,(H,30,31,32). The molecule has 0 aliphatic heterocycles. The zero-order valence-corrected chi connectivity index (χ0v) is 20.2. The van der Waals surface area contributed by atoms with Gasteiger partial charge in [0.2, 0.25) is 5.95 Å². The van der Waals surface area contributed by atoms with Gasteiger partial charge in [-0.2, -0.15) is 4.98 Å². The lowest BCUT2D eigenvalue weighted by molar-refractivity contribution is 0.352. The van der Waals surface area contributed by atoms with Crippen molar-refractivity contribution in [1.29, 1.82) is 0 Å². The summed E-state index contributed by atoms with van der Waals surface area (Å²) < 4.78 is 5.54. The Morgan fingerprint density at radius 2 is 1.50 bits per heavy atom. The minimum Gasteiger partial charge on any atom is -0.496 e. The summed E-state index contributed by atoms with van der Waals surface area (Å²) in [6.45, 7) is 0.868. The first-order valence-electron chi connectivity index (χ1n) is 12.1. The van der Waals surface area contributed by atoms with Crippen LogP contribution in [0, 0.1) is 0 Å². The summed E-state index contributed by atoms with van der Waals surface area (Å²) >= 11 is 0. The molecule has 1 aliphatic rings. The lowest BCUT2D eigenvalue weighted by Crippen LogP contribution is -2.37. The highest BCUT2D eigenvalue weighted by molar-refractivity contribution is 5.91. The molecule has 34 heavy (non-hydrogen) atoms. The molecule has 0 amide bonds. The van der Waals surface area contributed by atoms with Crippen LogP contribution in [0.25, 0.3) is 21.7 Å². The van der Waals surface area contributed by atoms with Gasteiger partial charge in [0.1, 0.15) is 11.6 Å². The highest BCUT2D eigenvalue weighted by Gasteiger charge is 2.22. The Balaban J connectivity index is 1.20. The predicted octanol–water partition coefficient (Wildman–Crippen LogP) is 5.37. The number of hydrogen-bond donors (Lipinski definition) is 2. The Kier molecular flexibility index (Phi) is 6.50. The molecule has 0 bridgehead atoms. The van der Waals surface area contributed by atoms with E-state index in [9.17, 15) is 0 Å². The second kappa shape index (κ2) is 9.85. The van der Waals surface area contributed by atoms with E-state index >= 15 is 0 Å². The summed E-state index contributed by atoms with van der Waals surface area (Å²) in [7, 11) is 5.79. The van der Waals surface area contributed by atoms with Crippen LogP contribution in [0.1, 0.15) is 31.2 Å². The fourth-order valence-electron chi connectivity index (χ4n) is 5.01. The monoisotopic (exact) mass is 455 g/mol. The van der Waals surface area contributed by atoms with Crippen molar-refractivity contribution in [3.63, 3.8) is 0 Å². The minimum absolute atomic E-state index is 0.399. The van der Waals surface area contributed by atoms with Gasteiger partial charge in [-0.3, -0.25) is 0 Å². The number of benzene rings is 3.